The third-order valence-electron chi connectivity index (χ3n) is 3.43. The Morgan fingerprint density at radius 1 is 1.22 bits per heavy atom. The van der Waals surface area contributed by atoms with E-state index >= 15 is 0 Å². The third-order valence-corrected chi connectivity index (χ3v) is 6.00. The maximum atomic E-state index is 12.3. The Balaban J connectivity index is 2.42. The lowest BCUT2D eigenvalue weighted by Gasteiger charge is -2.15. The summed E-state index contributed by atoms with van der Waals surface area (Å²) in [7, 11) is -3.72. The van der Waals surface area contributed by atoms with Gasteiger partial charge in [0.15, 0.2) is 5.75 Å². The fourth-order valence-corrected chi connectivity index (χ4v) is 4.44. The summed E-state index contributed by atoms with van der Waals surface area (Å²) in [6.07, 6.45) is 1.93. The molecule has 0 saturated heterocycles. The molecule has 0 unspecified atom stereocenters. The van der Waals surface area contributed by atoms with E-state index in [1.54, 1.807) is 12.3 Å². The minimum absolute atomic E-state index is 0.0473. The van der Waals surface area contributed by atoms with Crippen LogP contribution < -0.4 is 20.4 Å². The number of rotatable bonds is 8. The summed E-state index contributed by atoms with van der Waals surface area (Å²) in [4.78, 5) is 7.90. The summed E-state index contributed by atoms with van der Waals surface area (Å²) in [6.45, 7) is 5.92. The van der Waals surface area contributed by atoms with Crippen molar-refractivity contribution < 1.29 is 17.3 Å². The molecular weight excluding hydrogens is 483 g/mol. The molecule has 0 radical (unpaired) electrons. The fraction of sp³-hybridized carbons (Fsp3) is 0.412. The second-order valence-electron chi connectivity index (χ2n) is 6.36. The lowest BCUT2D eigenvalue weighted by Crippen LogP contribution is -2.18. The Labute approximate surface area is 172 Å². The maximum absolute atomic E-state index is 12.3. The van der Waals surface area contributed by atoms with E-state index in [4.69, 9.17) is 20.4 Å². The minimum atomic E-state index is -3.72. The van der Waals surface area contributed by atoms with Crippen molar-refractivity contribution in [1.82, 2.24) is 9.97 Å². The first kappa shape index (κ1) is 21.5. The molecule has 0 atom stereocenters. The van der Waals surface area contributed by atoms with Crippen molar-refractivity contribution in [2.75, 3.05) is 23.8 Å². The van der Waals surface area contributed by atoms with Crippen LogP contribution in [0.3, 0.4) is 0 Å². The molecule has 27 heavy (non-hydrogen) atoms. The second-order valence-corrected chi connectivity index (χ2v) is 9.05. The highest BCUT2D eigenvalue weighted by Crippen LogP contribution is 2.34. The number of aromatic nitrogens is 2. The van der Waals surface area contributed by atoms with Crippen molar-refractivity contribution in [1.29, 1.82) is 0 Å². The molecule has 4 N–H and O–H groups in total. The van der Waals surface area contributed by atoms with E-state index in [9.17, 15) is 8.42 Å². The molecule has 10 heteroatoms. The average Bonchev–Trinajstić information content (AvgIpc) is 2.53. The van der Waals surface area contributed by atoms with Gasteiger partial charge in [-0.15, -0.1) is 0 Å². The monoisotopic (exact) mass is 506 g/mol. The van der Waals surface area contributed by atoms with E-state index in [2.05, 4.69) is 9.97 Å². The van der Waals surface area contributed by atoms with Crippen LogP contribution in [0.4, 0.5) is 11.8 Å². The van der Waals surface area contributed by atoms with Gasteiger partial charge in [0.2, 0.25) is 5.95 Å². The third kappa shape index (κ3) is 6.09. The molecule has 148 valence electrons. The standard InChI is InChI=1S/C17H23IN4O4S/c1-4-25-13-6-11(5-12-8-21-17(20)22-16(12)19)7-14(15(13)18)26-27(23,24)9-10(2)3/h6-8,10H,4-5,9H2,1-3H3,(H4,19,20,21,22). The lowest BCUT2D eigenvalue weighted by atomic mass is 10.1. The summed E-state index contributed by atoms with van der Waals surface area (Å²) >= 11 is 2.02. The van der Waals surface area contributed by atoms with Crippen LogP contribution in [0.5, 0.6) is 11.5 Å². The fourth-order valence-electron chi connectivity index (χ4n) is 2.42. The van der Waals surface area contributed by atoms with Crippen LogP contribution >= 0.6 is 22.6 Å². The molecule has 0 bridgehead atoms. The first-order valence-electron chi connectivity index (χ1n) is 8.35. The Kier molecular flexibility index (Phi) is 7.09. The topological polar surface area (TPSA) is 130 Å². The second kappa shape index (κ2) is 8.91. The van der Waals surface area contributed by atoms with Gasteiger partial charge in [-0.2, -0.15) is 13.4 Å². The van der Waals surface area contributed by atoms with Crippen molar-refractivity contribution in [3.05, 3.63) is 33.0 Å². The van der Waals surface area contributed by atoms with Crippen LogP contribution in [-0.4, -0.2) is 30.7 Å². The molecule has 1 aromatic heterocycles. The molecule has 0 fully saturated rings. The number of hydrogen-bond acceptors (Lipinski definition) is 8. The zero-order chi connectivity index (χ0) is 20.2. The van der Waals surface area contributed by atoms with Crippen molar-refractivity contribution >= 4 is 44.5 Å². The summed E-state index contributed by atoms with van der Waals surface area (Å²) < 4.78 is 36.1. The van der Waals surface area contributed by atoms with Crippen LogP contribution in [0.25, 0.3) is 0 Å². The Morgan fingerprint density at radius 2 is 1.89 bits per heavy atom. The van der Waals surface area contributed by atoms with Gasteiger partial charge in [-0.05, 0) is 53.1 Å². The number of anilines is 2. The molecule has 0 spiro atoms. The van der Waals surface area contributed by atoms with Gasteiger partial charge in [-0.3, -0.25) is 0 Å². The number of hydrogen-bond donors (Lipinski definition) is 2. The Hall–Kier alpha value is -1.82. The van der Waals surface area contributed by atoms with E-state index in [0.29, 0.717) is 27.9 Å². The maximum Gasteiger partial charge on any atom is 0.309 e. The average molecular weight is 506 g/mol. The van der Waals surface area contributed by atoms with Gasteiger partial charge in [0.1, 0.15) is 11.6 Å². The van der Waals surface area contributed by atoms with E-state index < -0.39 is 10.1 Å². The number of nitrogen functional groups attached to an aromatic ring is 2. The predicted molar refractivity (Wildman–Crippen MR) is 113 cm³/mol. The van der Waals surface area contributed by atoms with E-state index in [0.717, 1.165) is 5.56 Å². The van der Waals surface area contributed by atoms with Crippen LogP contribution in [-0.2, 0) is 16.5 Å². The highest BCUT2D eigenvalue weighted by atomic mass is 127. The number of benzene rings is 1. The lowest BCUT2D eigenvalue weighted by molar-refractivity contribution is 0.336. The first-order chi connectivity index (χ1) is 12.6. The smallest absolute Gasteiger partial charge is 0.309 e. The highest BCUT2D eigenvalue weighted by Gasteiger charge is 2.20. The molecule has 1 heterocycles. The summed E-state index contributed by atoms with van der Waals surface area (Å²) in [5.41, 5.74) is 12.9. The zero-order valence-corrected chi connectivity index (χ0v) is 18.4. The van der Waals surface area contributed by atoms with Gasteiger partial charge in [-0.1, -0.05) is 13.8 Å². The van der Waals surface area contributed by atoms with Gasteiger partial charge < -0.3 is 20.4 Å². The number of nitrogens with zero attached hydrogens (tertiary/aromatic N) is 2. The molecule has 1 aromatic carbocycles. The SMILES string of the molecule is CCOc1cc(Cc2cnc(N)nc2N)cc(OS(=O)(=O)CC(C)C)c1I. The van der Waals surface area contributed by atoms with Crippen molar-refractivity contribution in [3.63, 3.8) is 0 Å². The minimum Gasteiger partial charge on any atom is -0.493 e. The normalized spacial score (nSPS) is 11.6. The Bertz CT molecular complexity index is 919. The molecule has 0 saturated carbocycles. The molecule has 0 aliphatic heterocycles. The molecular formula is C17H23IN4O4S. The van der Waals surface area contributed by atoms with Crippen molar-refractivity contribution in [3.8, 4) is 11.5 Å². The molecule has 0 amide bonds. The highest BCUT2D eigenvalue weighted by molar-refractivity contribution is 14.1. The van der Waals surface area contributed by atoms with Gasteiger partial charge >= 0.3 is 10.1 Å². The quantitative estimate of drug-likeness (QED) is 0.413. The van der Waals surface area contributed by atoms with E-state index in [1.165, 1.54) is 0 Å². The molecule has 2 rings (SSSR count). The van der Waals surface area contributed by atoms with Gasteiger partial charge in [0.05, 0.1) is 15.9 Å². The van der Waals surface area contributed by atoms with E-state index in [1.807, 2.05) is 49.4 Å². The van der Waals surface area contributed by atoms with Crippen molar-refractivity contribution in [2.45, 2.75) is 27.2 Å². The summed E-state index contributed by atoms with van der Waals surface area (Å²) in [5, 5.41) is 0. The predicted octanol–water partition coefficient (Wildman–Crippen LogP) is 2.60. The van der Waals surface area contributed by atoms with Gasteiger partial charge in [-0.25, -0.2) is 4.98 Å². The van der Waals surface area contributed by atoms with Gasteiger partial charge in [0, 0.05) is 18.2 Å². The first-order valence-corrected chi connectivity index (χ1v) is 11.0. The van der Waals surface area contributed by atoms with Crippen LogP contribution in [0.15, 0.2) is 18.3 Å². The van der Waals surface area contributed by atoms with Crippen LogP contribution in [0.1, 0.15) is 31.9 Å². The zero-order valence-electron chi connectivity index (χ0n) is 15.4. The Morgan fingerprint density at radius 3 is 2.48 bits per heavy atom. The summed E-state index contributed by atoms with van der Waals surface area (Å²) in [5.74, 6) is 1.02. The largest absolute Gasteiger partial charge is 0.493 e. The summed E-state index contributed by atoms with van der Waals surface area (Å²) in [6, 6.07) is 3.49. The molecule has 2 aromatic rings. The van der Waals surface area contributed by atoms with Crippen molar-refractivity contribution in [2.24, 2.45) is 5.92 Å². The number of ether oxygens (including phenoxy) is 1. The molecule has 0 aliphatic carbocycles. The molecule has 8 nitrogen and oxygen atoms in total. The van der Waals surface area contributed by atoms with Crippen LogP contribution in [0.2, 0.25) is 0 Å². The van der Waals surface area contributed by atoms with Gasteiger partial charge in [0.25, 0.3) is 0 Å². The molecule has 0 aliphatic rings. The number of nitrogens with two attached hydrogens (primary N) is 2. The number of halogens is 1. The van der Waals surface area contributed by atoms with E-state index in [-0.39, 0.29) is 29.2 Å². The van der Waals surface area contributed by atoms with Crippen LogP contribution in [0, 0.1) is 9.49 Å².